The monoisotopic (exact) mass is 433 g/mol. The number of urea groups is 1. The van der Waals surface area contributed by atoms with E-state index >= 15 is 0 Å². The predicted molar refractivity (Wildman–Crippen MR) is 129 cm³/mol. The lowest BCUT2D eigenvalue weighted by Gasteiger charge is -2.14. The fraction of sp³-hybridized carbons (Fsp3) is 0. The fourth-order valence-electron chi connectivity index (χ4n) is 3.33. The van der Waals surface area contributed by atoms with E-state index in [2.05, 4.69) is 36.1 Å². The van der Waals surface area contributed by atoms with E-state index in [9.17, 15) is 4.79 Å². The van der Waals surface area contributed by atoms with Crippen LogP contribution in [0.4, 0.5) is 27.7 Å². The van der Waals surface area contributed by atoms with Gasteiger partial charge in [-0.1, -0.05) is 42.5 Å². The second-order valence-corrected chi connectivity index (χ2v) is 7.18. The molecule has 3 N–H and O–H groups in total. The Bertz CT molecular complexity index is 1410. The molecule has 0 bridgehead atoms. The van der Waals surface area contributed by atoms with Gasteiger partial charge in [0.1, 0.15) is 0 Å². The number of nitrogens with zero attached hydrogens (tertiary/aromatic N) is 4. The van der Waals surface area contributed by atoms with Gasteiger partial charge in [0.2, 0.25) is 0 Å². The molecule has 0 aliphatic carbocycles. The second-order valence-electron chi connectivity index (χ2n) is 7.18. The van der Waals surface area contributed by atoms with Crippen LogP contribution in [-0.2, 0) is 0 Å². The van der Waals surface area contributed by atoms with Crippen LogP contribution in [0.1, 0.15) is 0 Å². The third kappa shape index (κ3) is 4.75. The number of hydrogen-bond acceptors (Lipinski definition) is 6. The van der Waals surface area contributed by atoms with E-state index in [-0.39, 0.29) is 0 Å². The van der Waals surface area contributed by atoms with Crippen molar-refractivity contribution in [3.05, 3.63) is 97.3 Å². The minimum absolute atomic E-state index is 0.353. The number of carbonyl (C=O) groups excluding carboxylic acids is 1. The minimum Gasteiger partial charge on any atom is -0.354 e. The molecule has 0 unspecified atom stereocenters. The molecule has 0 aliphatic rings. The van der Waals surface area contributed by atoms with Crippen molar-refractivity contribution in [3.63, 3.8) is 0 Å². The first-order valence-electron chi connectivity index (χ1n) is 10.3. The Hall–Kier alpha value is -4.85. The van der Waals surface area contributed by atoms with Gasteiger partial charge in [0.05, 0.1) is 28.1 Å². The topological polar surface area (TPSA) is 105 Å². The van der Waals surface area contributed by atoms with Gasteiger partial charge in [-0.3, -0.25) is 15.3 Å². The summed E-state index contributed by atoms with van der Waals surface area (Å²) in [5.41, 5.74) is 5.47. The number of hydrogen-bond donors (Lipinski definition) is 3. The lowest BCUT2D eigenvalue weighted by atomic mass is 10.1. The zero-order valence-electron chi connectivity index (χ0n) is 17.4. The van der Waals surface area contributed by atoms with Crippen molar-refractivity contribution in [1.82, 2.24) is 20.2 Å². The molecule has 2 aromatic heterocycles. The minimum atomic E-state index is -0.421. The Morgan fingerprint density at radius 2 is 1.42 bits per heavy atom. The van der Waals surface area contributed by atoms with Gasteiger partial charge in [0, 0.05) is 23.6 Å². The van der Waals surface area contributed by atoms with Crippen molar-refractivity contribution < 1.29 is 4.79 Å². The van der Waals surface area contributed by atoms with E-state index in [4.69, 9.17) is 0 Å². The average molecular weight is 433 g/mol. The van der Waals surface area contributed by atoms with Crippen molar-refractivity contribution in [2.24, 2.45) is 0 Å². The first-order chi connectivity index (χ1) is 16.2. The van der Waals surface area contributed by atoms with Gasteiger partial charge in [-0.2, -0.15) is 0 Å². The number of fused-ring (bicyclic) bond motifs is 1. The van der Waals surface area contributed by atoms with E-state index < -0.39 is 6.03 Å². The maximum absolute atomic E-state index is 12.6. The summed E-state index contributed by atoms with van der Waals surface area (Å²) < 4.78 is 0. The third-order valence-corrected chi connectivity index (χ3v) is 4.90. The molecule has 0 aliphatic heterocycles. The van der Waals surface area contributed by atoms with Gasteiger partial charge in [-0.05, 0) is 42.5 Å². The van der Waals surface area contributed by atoms with Gasteiger partial charge in [0.25, 0.3) is 0 Å². The molecular weight excluding hydrogens is 414 g/mol. The van der Waals surface area contributed by atoms with Gasteiger partial charge < -0.3 is 10.6 Å². The summed E-state index contributed by atoms with van der Waals surface area (Å²) in [7, 11) is 0. The largest absolute Gasteiger partial charge is 0.354 e. The fourth-order valence-corrected chi connectivity index (χ4v) is 3.33. The van der Waals surface area contributed by atoms with Crippen LogP contribution in [-0.4, -0.2) is 26.2 Å². The average Bonchev–Trinajstić information content (AvgIpc) is 2.86. The van der Waals surface area contributed by atoms with Crippen LogP contribution in [0.5, 0.6) is 0 Å². The lowest BCUT2D eigenvalue weighted by Crippen LogP contribution is -2.20. The summed E-state index contributed by atoms with van der Waals surface area (Å²) >= 11 is 0. The SMILES string of the molecule is O=C(Nc1ccc(-c2ccccc2)nn1)Nc1ccccc1Nc1ccc2nccnc2c1. The van der Waals surface area contributed by atoms with Crippen molar-refractivity contribution >= 4 is 39.9 Å². The number of nitrogens with one attached hydrogen (secondary N) is 3. The summed E-state index contributed by atoms with van der Waals surface area (Å²) in [6.07, 6.45) is 3.31. The summed E-state index contributed by atoms with van der Waals surface area (Å²) in [6.45, 7) is 0. The summed E-state index contributed by atoms with van der Waals surface area (Å²) in [6, 6.07) is 26.0. The lowest BCUT2D eigenvalue weighted by molar-refractivity contribution is 0.262. The Labute approximate surface area is 189 Å². The number of aromatic nitrogens is 4. The maximum Gasteiger partial charge on any atom is 0.324 e. The highest BCUT2D eigenvalue weighted by molar-refractivity contribution is 6.01. The number of rotatable bonds is 5. The number of carbonyl (C=O) groups is 1. The van der Waals surface area contributed by atoms with Crippen molar-refractivity contribution in [1.29, 1.82) is 0 Å². The molecule has 2 heterocycles. The van der Waals surface area contributed by atoms with Crippen molar-refractivity contribution in [2.45, 2.75) is 0 Å². The highest BCUT2D eigenvalue weighted by atomic mass is 16.2. The first kappa shape index (κ1) is 20.1. The highest BCUT2D eigenvalue weighted by Crippen LogP contribution is 2.27. The van der Waals surface area contributed by atoms with Crippen molar-refractivity contribution in [2.75, 3.05) is 16.0 Å². The molecule has 8 nitrogen and oxygen atoms in total. The van der Waals surface area contributed by atoms with E-state index in [0.717, 1.165) is 33.7 Å². The molecule has 0 saturated carbocycles. The molecule has 5 rings (SSSR count). The Kier molecular flexibility index (Phi) is 5.54. The number of para-hydroxylation sites is 2. The molecule has 0 spiro atoms. The molecule has 0 radical (unpaired) electrons. The van der Waals surface area contributed by atoms with Crippen LogP contribution >= 0.6 is 0 Å². The number of amides is 2. The normalized spacial score (nSPS) is 10.5. The van der Waals surface area contributed by atoms with E-state index in [1.807, 2.05) is 78.9 Å². The zero-order chi connectivity index (χ0) is 22.5. The molecule has 8 heteroatoms. The summed E-state index contributed by atoms with van der Waals surface area (Å²) in [5.74, 6) is 0.353. The van der Waals surface area contributed by atoms with Crippen LogP contribution < -0.4 is 16.0 Å². The Morgan fingerprint density at radius 1 is 0.667 bits per heavy atom. The van der Waals surface area contributed by atoms with Gasteiger partial charge in [-0.25, -0.2) is 4.79 Å². The number of anilines is 4. The molecule has 33 heavy (non-hydrogen) atoms. The zero-order valence-corrected chi connectivity index (χ0v) is 17.4. The molecule has 5 aromatic rings. The Morgan fingerprint density at radius 3 is 2.21 bits per heavy atom. The maximum atomic E-state index is 12.6. The molecule has 160 valence electrons. The van der Waals surface area contributed by atoms with E-state index in [1.54, 1.807) is 18.5 Å². The van der Waals surface area contributed by atoms with E-state index in [1.165, 1.54) is 0 Å². The highest BCUT2D eigenvalue weighted by Gasteiger charge is 2.09. The summed E-state index contributed by atoms with van der Waals surface area (Å²) in [5, 5.41) is 17.2. The smallest absolute Gasteiger partial charge is 0.324 e. The molecule has 0 saturated heterocycles. The first-order valence-corrected chi connectivity index (χ1v) is 10.3. The van der Waals surface area contributed by atoms with Crippen LogP contribution in [0.3, 0.4) is 0 Å². The van der Waals surface area contributed by atoms with E-state index in [0.29, 0.717) is 11.5 Å². The summed E-state index contributed by atoms with van der Waals surface area (Å²) in [4.78, 5) is 21.2. The molecular formula is C25H19N7O. The van der Waals surface area contributed by atoms with Gasteiger partial charge >= 0.3 is 6.03 Å². The van der Waals surface area contributed by atoms with Crippen LogP contribution in [0, 0.1) is 0 Å². The molecule has 0 atom stereocenters. The van der Waals surface area contributed by atoms with Crippen LogP contribution in [0.2, 0.25) is 0 Å². The predicted octanol–water partition coefficient (Wildman–Crippen LogP) is 5.47. The second kappa shape index (κ2) is 9.11. The molecule has 3 aromatic carbocycles. The number of benzene rings is 3. The quantitative estimate of drug-likeness (QED) is 0.339. The molecule has 0 fully saturated rings. The van der Waals surface area contributed by atoms with Gasteiger partial charge in [0.15, 0.2) is 5.82 Å². The van der Waals surface area contributed by atoms with Crippen molar-refractivity contribution in [3.8, 4) is 11.3 Å². The van der Waals surface area contributed by atoms with Crippen LogP contribution in [0.15, 0.2) is 97.3 Å². The van der Waals surface area contributed by atoms with Crippen LogP contribution in [0.25, 0.3) is 22.3 Å². The Balaban J connectivity index is 1.28. The van der Waals surface area contributed by atoms with Gasteiger partial charge in [-0.15, -0.1) is 10.2 Å². The third-order valence-electron chi connectivity index (χ3n) is 4.90. The standard InChI is InChI=1S/C25H19N7O/c33-25(30-24-13-12-19(31-32-24)17-6-2-1-3-7-17)29-22-9-5-4-8-21(22)28-18-10-11-20-23(16-18)27-15-14-26-20/h1-16,28H,(H2,29,30,32,33). The molecule has 2 amide bonds.